The largest absolute Gasteiger partial charge is 0.340 e. The lowest BCUT2D eigenvalue weighted by atomic mass is 9.90. The summed E-state index contributed by atoms with van der Waals surface area (Å²) in [6.07, 6.45) is 1.16. The van der Waals surface area contributed by atoms with Crippen LogP contribution in [0.1, 0.15) is 33.6 Å². The van der Waals surface area contributed by atoms with Crippen molar-refractivity contribution in [1.29, 1.82) is 0 Å². The number of piperazine rings is 1. The van der Waals surface area contributed by atoms with E-state index in [0.29, 0.717) is 12.8 Å². The van der Waals surface area contributed by atoms with Crippen molar-refractivity contribution in [1.82, 2.24) is 5.32 Å². The number of amides is 2. The molecule has 1 fully saturated rings. The van der Waals surface area contributed by atoms with E-state index >= 15 is 0 Å². The van der Waals surface area contributed by atoms with E-state index in [1.807, 2.05) is 38.1 Å². The van der Waals surface area contributed by atoms with Gasteiger partial charge in [-0.15, -0.1) is 0 Å². The van der Waals surface area contributed by atoms with Gasteiger partial charge in [0, 0.05) is 10.2 Å². The van der Waals surface area contributed by atoms with Crippen LogP contribution in [0.4, 0.5) is 5.69 Å². The van der Waals surface area contributed by atoms with Crippen molar-refractivity contribution >= 4 is 33.4 Å². The Kier molecular flexibility index (Phi) is 4.18. The molecule has 2 amide bonds. The van der Waals surface area contributed by atoms with Gasteiger partial charge in [0.25, 0.3) is 5.91 Å². The first-order chi connectivity index (χ1) is 9.42. The number of hydrogen-bond donors (Lipinski definition) is 1. The van der Waals surface area contributed by atoms with Crippen LogP contribution in [0, 0.1) is 0 Å². The minimum atomic E-state index is -0.828. The van der Waals surface area contributed by atoms with Gasteiger partial charge in [-0.1, -0.05) is 35.8 Å². The molecule has 1 aliphatic heterocycles. The fourth-order valence-corrected chi connectivity index (χ4v) is 2.85. The third kappa shape index (κ3) is 2.46. The molecule has 0 radical (unpaired) electrons. The van der Waals surface area contributed by atoms with Crippen molar-refractivity contribution in [3.63, 3.8) is 0 Å². The molecule has 0 spiro atoms. The summed E-state index contributed by atoms with van der Waals surface area (Å²) < 4.78 is 0.891. The van der Waals surface area contributed by atoms with Crippen LogP contribution < -0.4 is 10.2 Å². The van der Waals surface area contributed by atoms with Crippen LogP contribution in [0.3, 0.4) is 0 Å². The van der Waals surface area contributed by atoms with Gasteiger partial charge in [0.1, 0.15) is 11.6 Å². The Morgan fingerprint density at radius 2 is 2.05 bits per heavy atom. The Morgan fingerprint density at radius 3 is 2.60 bits per heavy atom. The smallest absolute Gasteiger partial charge is 0.253 e. The monoisotopic (exact) mass is 338 g/mol. The number of nitrogens with zero attached hydrogens (tertiary/aromatic N) is 1. The van der Waals surface area contributed by atoms with Crippen LogP contribution in [0.2, 0.25) is 0 Å². The highest BCUT2D eigenvalue weighted by Gasteiger charge is 2.46. The second-order valence-corrected chi connectivity index (χ2v) is 6.17. The SMILES string of the molecule is CCC1C(=O)NC(C)(CC)C(=O)N1c1cccc(Br)c1. The number of hydrogen-bond acceptors (Lipinski definition) is 2. The molecule has 20 heavy (non-hydrogen) atoms. The zero-order valence-electron chi connectivity index (χ0n) is 11.9. The molecule has 1 heterocycles. The third-order valence-electron chi connectivity index (χ3n) is 3.88. The normalized spacial score (nSPS) is 26.6. The van der Waals surface area contributed by atoms with Crippen molar-refractivity contribution in [2.75, 3.05) is 4.90 Å². The van der Waals surface area contributed by atoms with Gasteiger partial charge in [-0.25, -0.2) is 0 Å². The standard InChI is InChI=1S/C15H19BrN2O2/c1-4-12-13(19)17-15(3,5-2)14(20)18(12)11-8-6-7-10(16)9-11/h6-9,12H,4-5H2,1-3H3,(H,17,19). The molecule has 108 valence electrons. The summed E-state index contributed by atoms with van der Waals surface area (Å²) in [7, 11) is 0. The van der Waals surface area contributed by atoms with Gasteiger partial charge in [-0.3, -0.25) is 14.5 Å². The number of anilines is 1. The zero-order valence-corrected chi connectivity index (χ0v) is 13.5. The number of carbonyl (C=O) groups excluding carboxylic acids is 2. The van der Waals surface area contributed by atoms with Crippen molar-refractivity contribution < 1.29 is 9.59 Å². The van der Waals surface area contributed by atoms with Crippen LogP contribution in [-0.2, 0) is 9.59 Å². The van der Waals surface area contributed by atoms with Crippen LogP contribution in [0.15, 0.2) is 28.7 Å². The number of benzene rings is 1. The average Bonchev–Trinajstić information content (AvgIpc) is 2.42. The average molecular weight is 339 g/mol. The van der Waals surface area contributed by atoms with E-state index in [1.54, 1.807) is 11.8 Å². The van der Waals surface area contributed by atoms with Crippen LogP contribution in [-0.4, -0.2) is 23.4 Å². The van der Waals surface area contributed by atoms with E-state index in [9.17, 15) is 9.59 Å². The number of carbonyl (C=O) groups is 2. The Bertz CT molecular complexity index is 546. The topological polar surface area (TPSA) is 49.4 Å². The van der Waals surface area contributed by atoms with Gasteiger partial charge in [0.05, 0.1) is 0 Å². The van der Waals surface area contributed by atoms with E-state index in [0.717, 1.165) is 10.2 Å². The highest BCUT2D eigenvalue weighted by atomic mass is 79.9. The molecule has 2 rings (SSSR count). The molecular weight excluding hydrogens is 320 g/mol. The maximum absolute atomic E-state index is 12.8. The molecule has 2 atom stereocenters. The highest BCUT2D eigenvalue weighted by Crippen LogP contribution is 2.30. The van der Waals surface area contributed by atoms with Gasteiger partial charge < -0.3 is 5.32 Å². The van der Waals surface area contributed by atoms with Gasteiger partial charge >= 0.3 is 0 Å². The fraction of sp³-hybridized carbons (Fsp3) is 0.467. The number of nitrogens with one attached hydrogen (secondary N) is 1. The minimum absolute atomic E-state index is 0.0513. The van der Waals surface area contributed by atoms with Gasteiger partial charge in [0.15, 0.2) is 0 Å². The van der Waals surface area contributed by atoms with Crippen molar-refractivity contribution in [3.8, 4) is 0 Å². The summed E-state index contributed by atoms with van der Waals surface area (Å²) in [6.45, 7) is 5.60. The predicted octanol–water partition coefficient (Wildman–Crippen LogP) is 2.86. The molecule has 4 nitrogen and oxygen atoms in total. The maximum atomic E-state index is 12.8. The van der Waals surface area contributed by atoms with Crippen LogP contribution in [0.5, 0.6) is 0 Å². The van der Waals surface area contributed by atoms with Crippen LogP contribution >= 0.6 is 15.9 Å². The lowest BCUT2D eigenvalue weighted by Crippen LogP contribution is -2.69. The Hall–Kier alpha value is -1.36. The van der Waals surface area contributed by atoms with E-state index in [2.05, 4.69) is 21.2 Å². The zero-order chi connectivity index (χ0) is 14.9. The summed E-state index contributed by atoms with van der Waals surface area (Å²) >= 11 is 3.41. The molecule has 1 aliphatic rings. The lowest BCUT2D eigenvalue weighted by molar-refractivity contribution is -0.138. The highest BCUT2D eigenvalue weighted by molar-refractivity contribution is 9.10. The summed E-state index contributed by atoms with van der Waals surface area (Å²) in [6, 6.07) is 7.05. The molecule has 1 aromatic carbocycles. The summed E-state index contributed by atoms with van der Waals surface area (Å²) in [5.41, 5.74) is -0.0730. The molecule has 0 aliphatic carbocycles. The predicted molar refractivity (Wildman–Crippen MR) is 82.5 cm³/mol. The van der Waals surface area contributed by atoms with E-state index in [-0.39, 0.29) is 11.8 Å². The Labute approximate surface area is 127 Å². The van der Waals surface area contributed by atoms with E-state index in [1.165, 1.54) is 0 Å². The summed E-state index contributed by atoms with van der Waals surface area (Å²) in [5, 5.41) is 2.87. The fourth-order valence-electron chi connectivity index (χ4n) is 2.46. The quantitative estimate of drug-likeness (QED) is 0.921. The van der Waals surface area contributed by atoms with Crippen LogP contribution in [0.25, 0.3) is 0 Å². The van der Waals surface area contributed by atoms with E-state index in [4.69, 9.17) is 0 Å². The van der Waals surface area contributed by atoms with Gasteiger partial charge in [-0.2, -0.15) is 0 Å². The molecule has 0 saturated carbocycles. The maximum Gasteiger partial charge on any atom is 0.253 e. The molecule has 1 saturated heterocycles. The number of rotatable bonds is 3. The summed E-state index contributed by atoms with van der Waals surface area (Å²) in [4.78, 5) is 26.7. The first-order valence-corrected chi connectivity index (χ1v) is 7.63. The molecule has 0 bridgehead atoms. The van der Waals surface area contributed by atoms with Gasteiger partial charge in [0.2, 0.25) is 5.91 Å². The molecule has 1 N–H and O–H groups in total. The van der Waals surface area contributed by atoms with Crippen molar-refractivity contribution in [2.45, 2.75) is 45.2 Å². The number of halogens is 1. The molecule has 1 aromatic rings. The Morgan fingerprint density at radius 1 is 1.35 bits per heavy atom. The molecule has 5 heteroatoms. The van der Waals surface area contributed by atoms with Gasteiger partial charge in [-0.05, 0) is 38.0 Å². The molecular formula is C15H19BrN2O2. The second kappa shape index (κ2) is 5.56. The van der Waals surface area contributed by atoms with E-state index < -0.39 is 11.6 Å². The molecule has 2 unspecified atom stereocenters. The first-order valence-electron chi connectivity index (χ1n) is 6.84. The van der Waals surface area contributed by atoms with Crippen molar-refractivity contribution in [2.24, 2.45) is 0 Å². The minimum Gasteiger partial charge on any atom is -0.340 e. The summed E-state index contributed by atoms with van der Waals surface area (Å²) in [5.74, 6) is -0.138. The lowest BCUT2D eigenvalue weighted by Gasteiger charge is -2.43. The second-order valence-electron chi connectivity index (χ2n) is 5.25. The molecule has 0 aromatic heterocycles. The third-order valence-corrected chi connectivity index (χ3v) is 4.38. The first kappa shape index (κ1) is 15.0. The van der Waals surface area contributed by atoms with Crippen molar-refractivity contribution in [3.05, 3.63) is 28.7 Å². The Balaban J connectivity index is 2.50.